The van der Waals surface area contributed by atoms with E-state index in [2.05, 4.69) is 17.1 Å². The van der Waals surface area contributed by atoms with Crippen LogP contribution in [-0.2, 0) is 19.1 Å². The Morgan fingerprint density at radius 2 is 1.85 bits per heavy atom. The van der Waals surface area contributed by atoms with Gasteiger partial charge < -0.3 is 34.1 Å². The highest BCUT2D eigenvalue weighted by molar-refractivity contribution is 8.07. The minimum absolute atomic E-state index is 0.0574. The van der Waals surface area contributed by atoms with E-state index in [9.17, 15) is 14.7 Å². The maximum absolute atomic E-state index is 13.8. The van der Waals surface area contributed by atoms with Gasteiger partial charge >= 0.3 is 0 Å². The molecule has 2 N–H and O–H groups in total. The molecule has 226 valence electrons. The molecule has 1 fully saturated rings. The highest BCUT2D eigenvalue weighted by atomic mass is 32.2. The van der Waals surface area contributed by atoms with E-state index in [1.165, 1.54) is 4.90 Å². The molecule has 2 amide bonds. The molecule has 11 heteroatoms. The van der Waals surface area contributed by atoms with Gasteiger partial charge in [-0.05, 0) is 49.2 Å². The lowest BCUT2D eigenvalue weighted by molar-refractivity contribution is -0.153. The van der Waals surface area contributed by atoms with Crippen LogP contribution in [0.1, 0.15) is 69.9 Å². The van der Waals surface area contributed by atoms with Crippen molar-refractivity contribution in [2.75, 3.05) is 32.6 Å². The number of benzene rings is 1. The van der Waals surface area contributed by atoms with Gasteiger partial charge in [0, 0.05) is 37.2 Å². The number of hydrogen-bond acceptors (Lipinski definition) is 9. The molecule has 3 rings (SSSR count). The second-order valence-electron chi connectivity index (χ2n) is 10.3. The fraction of sp³-hybridized carbons (Fsp3) is 0.567. The van der Waals surface area contributed by atoms with Crippen molar-refractivity contribution >= 4 is 28.5 Å². The summed E-state index contributed by atoms with van der Waals surface area (Å²) in [7, 11) is 0. The van der Waals surface area contributed by atoms with Crippen LogP contribution in [0.15, 0.2) is 41.4 Å². The normalized spacial score (nSPS) is 18.5. The summed E-state index contributed by atoms with van der Waals surface area (Å²) in [5.74, 6) is -0.984. The van der Waals surface area contributed by atoms with Gasteiger partial charge in [-0.2, -0.15) is 0 Å². The fourth-order valence-corrected chi connectivity index (χ4v) is 5.22. The maximum atomic E-state index is 13.8. The number of aliphatic hydroxyl groups excluding tert-OH is 1. The third-order valence-electron chi connectivity index (χ3n) is 7.02. The van der Waals surface area contributed by atoms with E-state index in [0.29, 0.717) is 19.0 Å². The number of rotatable bonds is 15. The number of carbonyl (C=O) groups excluding carboxylic acids is 2. The minimum Gasteiger partial charge on any atom is -0.470 e. The predicted octanol–water partition coefficient (Wildman–Crippen LogP) is 4.37. The number of aliphatic hydroxyl groups is 1. The van der Waals surface area contributed by atoms with Crippen LogP contribution in [0.3, 0.4) is 0 Å². The van der Waals surface area contributed by atoms with Crippen LogP contribution >= 0.6 is 11.8 Å². The third kappa shape index (κ3) is 8.57. The molecule has 2 heterocycles. The first kappa shape index (κ1) is 32.7. The smallest absolute Gasteiger partial charge is 0.254 e. The molecule has 0 unspecified atom stereocenters. The molecular formula is C30H43N3O7S. The van der Waals surface area contributed by atoms with Crippen molar-refractivity contribution in [2.45, 2.75) is 71.4 Å². The lowest BCUT2D eigenvalue weighted by atomic mass is 9.91. The number of nitrogens with zero attached hydrogens (tertiary/aromatic N) is 2. The van der Waals surface area contributed by atoms with Gasteiger partial charge in [0.05, 0.1) is 12.1 Å². The molecule has 0 spiro atoms. The van der Waals surface area contributed by atoms with E-state index in [1.807, 2.05) is 65.1 Å². The molecule has 0 aliphatic carbocycles. The van der Waals surface area contributed by atoms with Crippen molar-refractivity contribution in [1.82, 2.24) is 15.4 Å². The summed E-state index contributed by atoms with van der Waals surface area (Å²) >= 11 is 1.58. The average molecular weight is 590 g/mol. The Labute approximate surface area is 246 Å². The molecule has 0 saturated carbocycles. The van der Waals surface area contributed by atoms with E-state index < -0.39 is 24.4 Å². The van der Waals surface area contributed by atoms with Crippen LogP contribution in [0.25, 0.3) is 4.91 Å². The van der Waals surface area contributed by atoms with Gasteiger partial charge in [0.25, 0.3) is 5.88 Å². The monoisotopic (exact) mass is 589 g/mol. The lowest BCUT2D eigenvalue weighted by Crippen LogP contribution is -2.48. The number of thioether (sulfide) groups is 1. The minimum atomic E-state index is -0.812. The molecule has 4 atom stereocenters. The van der Waals surface area contributed by atoms with E-state index in [0.717, 1.165) is 16.0 Å². The van der Waals surface area contributed by atoms with Crippen LogP contribution in [-0.4, -0.2) is 78.0 Å². The molecule has 1 aromatic carbocycles. The molecule has 2 aromatic rings. The van der Waals surface area contributed by atoms with Gasteiger partial charge in [0.1, 0.15) is 18.6 Å². The number of aromatic nitrogens is 1. The van der Waals surface area contributed by atoms with E-state index >= 15 is 0 Å². The number of ether oxygens (including phenoxy) is 3. The molecule has 41 heavy (non-hydrogen) atoms. The Morgan fingerprint density at radius 3 is 2.44 bits per heavy atom. The molecule has 1 saturated heterocycles. The van der Waals surface area contributed by atoms with Gasteiger partial charge in [0.2, 0.25) is 11.8 Å². The summed E-state index contributed by atoms with van der Waals surface area (Å²) in [6, 6.07) is 8.34. The van der Waals surface area contributed by atoms with Gasteiger partial charge in [-0.1, -0.05) is 44.7 Å². The first-order valence-corrected chi connectivity index (χ1v) is 15.3. The number of likely N-dealkylation sites (tertiary alicyclic amines) is 1. The fourth-order valence-electron chi connectivity index (χ4n) is 4.84. The van der Waals surface area contributed by atoms with Crippen LogP contribution in [0.5, 0.6) is 5.88 Å². The number of amides is 2. The molecule has 0 bridgehead atoms. The third-order valence-corrected chi connectivity index (χ3v) is 7.75. The summed E-state index contributed by atoms with van der Waals surface area (Å²) in [6.07, 6.45) is 0.775. The second-order valence-corrected chi connectivity index (χ2v) is 11.2. The van der Waals surface area contributed by atoms with Crippen molar-refractivity contribution in [3.8, 4) is 5.88 Å². The SMILES string of the molecule is C=C(SC)c1ccc([C@H](C)NC(=O)[C@@H]2C[C@@H](O)CN2C(=O)[C@@H](c2cc(OCC(OCC)OCC)no2)C(C)C)cc1. The van der Waals surface area contributed by atoms with E-state index in [1.54, 1.807) is 17.8 Å². The first-order chi connectivity index (χ1) is 19.6. The summed E-state index contributed by atoms with van der Waals surface area (Å²) < 4.78 is 22.2. The summed E-state index contributed by atoms with van der Waals surface area (Å²) in [5, 5.41) is 17.5. The zero-order valence-corrected chi connectivity index (χ0v) is 25.6. The van der Waals surface area contributed by atoms with Gasteiger partial charge in [-0.15, -0.1) is 11.8 Å². The Kier molecular flexibility index (Phi) is 12.3. The molecule has 0 radical (unpaired) electrons. The van der Waals surface area contributed by atoms with Crippen molar-refractivity contribution in [2.24, 2.45) is 5.92 Å². The highest BCUT2D eigenvalue weighted by Crippen LogP contribution is 2.33. The molecule has 1 aliphatic rings. The van der Waals surface area contributed by atoms with Gasteiger partial charge in [-0.3, -0.25) is 9.59 Å². The highest BCUT2D eigenvalue weighted by Gasteiger charge is 2.43. The van der Waals surface area contributed by atoms with E-state index in [-0.39, 0.29) is 49.2 Å². The summed E-state index contributed by atoms with van der Waals surface area (Å²) in [6.45, 7) is 14.6. The standard InChI is InChI=1S/C30H43N3O7S/c1-8-37-27(38-9-2)17-39-26-15-25(40-32-26)28(18(3)4)30(36)33-16-23(34)14-24(33)29(35)31-19(5)21-10-12-22(13-11-21)20(6)41-7/h10-13,15,18-19,23-24,27-28,34H,6,8-9,14,16-17H2,1-5,7H3,(H,31,35)/t19-,23+,24-,28+/m0/s1. The molecule has 10 nitrogen and oxygen atoms in total. The van der Waals surface area contributed by atoms with Gasteiger partial charge in [-0.25, -0.2) is 0 Å². The number of β-amino-alcohol motifs (C(OH)–C–C–N with tert-alkyl or cyclic N) is 1. The largest absolute Gasteiger partial charge is 0.470 e. The number of carbonyl (C=O) groups is 2. The van der Waals surface area contributed by atoms with Crippen LogP contribution in [0, 0.1) is 5.92 Å². The van der Waals surface area contributed by atoms with Gasteiger partial charge in [0.15, 0.2) is 12.1 Å². The predicted molar refractivity (Wildman–Crippen MR) is 158 cm³/mol. The number of hydrogen-bond donors (Lipinski definition) is 2. The molecule has 1 aromatic heterocycles. The van der Waals surface area contributed by atoms with Crippen LogP contribution < -0.4 is 10.1 Å². The van der Waals surface area contributed by atoms with E-state index in [4.69, 9.17) is 18.7 Å². The Bertz CT molecular complexity index is 1150. The van der Waals surface area contributed by atoms with Crippen LogP contribution in [0.4, 0.5) is 0 Å². The average Bonchev–Trinajstić information content (AvgIpc) is 3.58. The number of nitrogens with one attached hydrogen (secondary N) is 1. The quantitative estimate of drug-likeness (QED) is 0.292. The van der Waals surface area contributed by atoms with Crippen molar-refractivity contribution < 1.29 is 33.4 Å². The van der Waals surface area contributed by atoms with Crippen LogP contribution in [0.2, 0.25) is 0 Å². The Hall–Kier alpha value is -2.86. The topological polar surface area (TPSA) is 123 Å². The Balaban J connectivity index is 1.70. The lowest BCUT2D eigenvalue weighted by Gasteiger charge is -2.29. The first-order valence-electron chi connectivity index (χ1n) is 14.0. The zero-order chi connectivity index (χ0) is 30.1. The summed E-state index contributed by atoms with van der Waals surface area (Å²) in [5.41, 5.74) is 1.96. The van der Waals surface area contributed by atoms with Crippen molar-refractivity contribution in [3.05, 3.63) is 53.8 Å². The second kappa shape index (κ2) is 15.4. The van der Waals surface area contributed by atoms with Crippen molar-refractivity contribution in [1.29, 1.82) is 0 Å². The Morgan fingerprint density at radius 1 is 1.20 bits per heavy atom. The zero-order valence-electron chi connectivity index (χ0n) is 24.8. The molecule has 1 aliphatic heterocycles. The maximum Gasteiger partial charge on any atom is 0.254 e. The summed E-state index contributed by atoms with van der Waals surface area (Å²) in [4.78, 5) is 29.6. The molecular weight excluding hydrogens is 546 g/mol. The van der Waals surface area contributed by atoms with Crippen molar-refractivity contribution in [3.63, 3.8) is 0 Å².